The summed E-state index contributed by atoms with van der Waals surface area (Å²) in [6.45, 7) is 1.69. The predicted octanol–water partition coefficient (Wildman–Crippen LogP) is 3.72. The molecule has 1 aliphatic carbocycles. The van der Waals surface area contributed by atoms with Gasteiger partial charge in [-0.2, -0.15) is 0 Å². The van der Waals surface area contributed by atoms with Crippen LogP contribution in [0.3, 0.4) is 0 Å². The largest absolute Gasteiger partial charge is 0.352 e. The van der Waals surface area contributed by atoms with Gasteiger partial charge in [0.1, 0.15) is 12.4 Å². The van der Waals surface area contributed by atoms with Gasteiger partial charge < -0.3 is 5.32 Å². The first-order chi connectivity index (χ1) is 13.4. The maximum atomic E-state index is 13.8. The molecule has 1 N–H and O–H groups in total. The molecule has 7 heteroatoms. The number of nitrogens with one attached hydrogen (secondary N) is 1. The van der Waals surface area contributed by atoms with E-state index < -0.39 is 22.4 Å². The average Bonchev–Trinajstić information content (AvgIpc) is 2.68. The fourth-order valence-electron chi connectivity index (χ4n) is 3.58. The number of carbonyl (C=O) groups is 1. The number of hydrogen-bond donors (Lipinski definition) is 1. The Kier molecular flexibility index (Phi) is 6.34. The fraction of sp³-hybridized carbons (Fsp3) is 0.381. The van der Waals surface area contributed by atoms with Gasteiger partial charge in [-0.05, 0) is 49.1 Å². The highest BCUT2D eigenvalue weighted by atomic mass is 32.2. The van der Waals surface area contributed by atoms with E-state index in [1.54, 1.807) is 18.2 Å². The zero-order valence-electron chi connectivity index (χ0n) is 15.8. The Bertz CT molecular complexity index is 918. The predicted molar refractivity (Wildman–Crippen MR) is 107 cm³/mol. The smallest absolute Gasteiger partial charge is 0.264 e. The van der Waals surface area contributed by atoms with Crippen molar-refractivity contribution in [2.45, 2.75) is 43.5 Å². The molecule has 0 aliphatic heterocycles. The van der Waals surface area contributed by atoms with Crippen LogP contribution in [0.25, 0.3) is 0 Å². The number of sulfonamides is 1. The second-order valence-electron chi connectivity index (χ2n) is 7.24. The van der Waals surface area contributed by atoms with E-state index in [0.29, 0.717) is 5.92 Å². The summed E-state index contributed by atoms with van der Waals surface area (Å²) in [6.07, 6.45) is 4.12. The van der Waals surface area contributed by atoms with Crippen LogP contribution in [0.15, 0.2) is 59.5 Å². The minimum Gasteiger partial charge on any atom is -0.352 e. The normalized spacial score (nSPS) is 19.8. The Hall–Kier alpha value is -2.41. The molecule has 0 saturated heterocycles. The van der Waals surface area contributed by atoms with Crippen molar-refractivity contribution in [3.8, 4) is 0 Å². The van der Waals surface area contributed by atoms with Gasteiger partial charge in [0.2, 0.25) is 5.91 Å². The third-order valence-electron chi connectivity index (χ3n) is 5.17. The van der Waals surface area contributed by atoms with Crippen molar-refractivity contribution in [3.63, 3.8) is 0 Å². The van der Waals surface area contributed by atoms with Crippen molar-refractivity contribution >= 4 is 21.6 Å². The molecule has 1 aliphatic rings. The van der Waals surface area contributed by atoms with Gasteiger partial charge in [0.25, 0.3) is 10.0 Å². The molecule has 0 bridgehead atoms. The third-order valence-corrected chi connectivity index (χ3v) is 6.96. The summed E-state index contributed by atoms with van der Waals surface area (Å²) in [5.41, 5.74) is 0.121. The zero-order valence-corrected chi connectivity index (χ0v) is 16.7. The number of benzene rings is 2. The molecule has 1 fully saturated rings. The Morgan fingerprint density at radius 2 is 1.82 bits per heavy atom. The second kappa shape index (κ2) is 8.73. The van der Waals surface area contributed by atoms with Crippen LogP contribution in [0.1, 0.15) is 32.6 Å². The van der Waals surface area contributed by atoms with Crippen LogP contribution in [0.4, 0.5) is 10.1 Å². The lowest BCUT2D eigenvalue weighted by Crippen LogP contribution is -2.47. The Morgan fingerprint density at radius 3 is 2.50 bits per heavy atom. The number of rotatable bonds is 6. The lowest BCUT2D eigenvalue weighted by Gasteiger charge is -2.31. The van der Waals surface area contributed by atoms with Gasteiger partial charge in [-0.25, -0.2) is 12.8 Å². The summed E-state index contributed by atoms with van der Waals surface area (Å²) in [5.74, 6) is -0.597. The Labute approximate surface area is 165 Å². The van der Waals surface area contributed by atoms with Crippen molar-refractivity contribution in [1.82, 2.24) is 5.32 Å². The summed E-state index contributed by atoms with van der Waals surface area (Å²) in [5, 5.41) is 2.97. The molecular formula is C21H25FN2O3S. The number of anilines is 1. The highest BCUT2D eigenvalue weighted by Gasteiger charge is 2.29. The van der Waals surface area contributed by atoms with E-state index >= 15 is 0 Å². The highest BCUT2D eigenvalue weighted by molar-refractivity contribution is 7.92. The molecule has 0 aromatic heterocycles. The SMILES string of the molecule is C[C@@H]1CCCC[C@@H]1NC(=O)CN(c1cccc(F)c1)S(=O)(=O)c1ccccc1. The van der Waals surface area contributed by atoms with E-state index in [-0.39, 0.29) is 22.5 Å². The number of carbonyl (C=O) groups excluding carboxylic acids is 1. The molecule has 150 valence electrons. The molecule has 5 nitrogen and oxygen atoms in total. The van der Waals surface area contributed by atoms with Crippen LogP contribution in [0, 0.1) is 11.7 Å². The van der Waals surface area contributed by atoms with Crippen LogP contribution >= 0.6 is 0 Å². The third kappa shape index (κ3) is 4.70. The van der Waals surface area contributed by atoms with Gasteiger partial charge >= 0.3 is 0 Å². The molecule has 2 atom stereocenters. The standard InChI is InChI=1S/C21H25FN2O3S/c1-16-8-5-6-13-20(16)23-21(25)15-24(18-10-7-9-17(22)14-18)28(26,27)19-11-3-2-4-12-19/h2-4,7,9-12,14,16,20H,5-6,8,13,15H2,1H3,(H,23,25)/t16-,20+/m1/s1. The first kappa shape index (κ1) is 20.3. The number of halogens is 1. The van der Waals surface area contributed by atoms with Gasteiger partial charge in [-0.1, -0.05) is 44.0 Å². The number of amides is 1. The van der Waals surface area contributed by atoms with Gasteiger partial charge in [0, 0.05) is 6.04 Å². The van der Waals surface area contributed by atoms with E-state index in [0.717, 1.165) is 36.1 Å². The molecule has 0 heterocycles. The van der Waals surface area contributed by atoms with Crippen LogP contribution in [-0.4, -0.2) is 26.9 Å². The number of nitrogens with zero attached hydrogens (tertiary/aromatic N) is 1. The maximum absolute atomic E-state index is 13.8. The van der Waals surface area contributed by atoms with E-state index in [4.69, 9.17) is 0 Å². The monoisotopic (exact) mass is 404 g/mol. The quantitative estimate of drug-likeness (QED) is 0.798. The molecule has 0 spiro atoms. The van der Waals surface area contributed by atoms with Crippen LogP contribution < -0.4 is 9.62 Å². The molecule has 2 aromatic carbocycles. The molecule has 28 heavy (non-hydrogen) atoms. The van der Waals surface area contributed by atoms with E-state index in [9.17, 15) is 17.6 Å². The lowest BCUT2D eigenvalue weighted by atomic mass is 9.86. The van der Waals surface area contributed by atoms with Crippen molar-refractivity contribution < 1.29 is 17.6 Å². The summed E-state index contributed by atoms with van der Waals surface area (Å²) < 4.78 is 41.0. The summed E-state index contributed by atoms with van der Waals surface area (Å²) in [7, 11) is -4.01. The Morgan fingerprint density at radius 1 is 1.11 bits per heavy atom. The molecule has 0 radical (unpaired) electrons. The van der Waals surface area contributed by atoms with E-state index in [1.165, 1.54) is 30.3 Å². The van der Waals surface area contributed by atoms with Crippen LogP contribution in [-0.2, 0) is 14.8 Å². The minimum absolute atomic E-state index is 0.0371. The maximum Gasteiger partial charge on any atom is 0.264 e. The highest BCUT2D eigenvalue weighted by Crippen LogP contribution is 2.26. The lowest BCUT2D eigenvalue weighted by molar-refractivity contribution is -0.120. The van der Waals surface area contributed by atoms with Gasteiger partial charge in [0.05, 0.1) is 10.6 Å². The Balaban J connectivity index is 1.87. The fourth-order valence-corrected chi connectivity index (χ4v) is 5.01. The first-order valence-corrected chi connectivity index (χ1v) is 10.9. The molecule has 1 amide bonds. The van der Waals surface area contributed by atoms with Gasteiger partial charge in [-0.15, -0.1) is 0 Å². The number of hydrogen-bond acceptors (Lipinski definition) is 3. The topological polar surface area (TPSA) is 66.5 Å². The van der Waals surface area contributed by atoms with E-state index in [1.807, 2.05) is 0 Å². The van der Waals surface area contributed by atoms with Crippen molar-refractivity contribution in [1.29, 1.82) is 0 Å². The van der Waals surface area contributed by atoms with Crippen molar-refractivity contribution in [2.75, 3.05) is 10.8 Å². The molecule has 2 aromatic rings. The van der Waals surface area contributed by atoms with Crippen LogP contribution in [0.2, 0.25) is 0 Å². The zero-order chi connectivity index (χ0) is 20.1. The first-order valence-electron chi connectivity index (χ1n) is 9.50. The molecule has 0 unspecified atom stereocenters. The average molecular weight is 405 g/mol. The van der Waals surface area contributed by atoms with E-state index in [2.05, 4.69) is 12.2 Å². The summed E-state index contributed by atoms with van der Waals surface area (Å²) in [6, 6.07) is 13.2. The minimum atomic E-state index is -4.01. The second-order valence-corrected chi connectivity index (χ2v) is 9.10. The van der Waals surface area contributed by atoms with Gasteiger partial charge in [-0.3, -0.25) is 9.10 Å². The molecule has 1 saturated carbocycles. The molecular weight excluding hydrogens is 379 g/mol. The van der Waals surface area contributed by atoms with Crippen molar-refractivity contribution in [2.24, 2.45) is 5.92 Å². The molecule has 3 rings (SSSR count). The summed E-state index contributed by atoms with van der Waals surface area (Å²) >= 11 is 0. The van der Waals surface area contributed by atoms with Gasteiger partial charge in [0.15, 0.2) is 0 Å². The van der Waals surface area contributed by atoms with Crippen molar-refractivity contribution in [3.05, 3.63) is 60.4 Å². The van der Waals surface area contributed by atoms with Crippen LogP contribution in [0.5, 0.6) is 0 Å². The summed E-state index contributed by atoms with van der Waals surface area (Å²) in [4.78, 5) is 12.7.